The summed E-state index contributed by atoms with van der Waals surface area (Å²) in [6, 6.07) is 14.7. The summed E-state index contributed by atoms with van der Waals surface area (Å²) in [5.41, 5.74) is 4.23. The van der Waals surface area contributed by atoms with E-state index < -0.39 is 5.82 Å². The molecule has 2 N–H and O–H groups in total. The van der Waals surface area contributed by atoms with Gasteiger partial charge in [0.2, 0.25) is 0 Å². The number of hydrogen-bond donors (Lipinski definition) is 2. The third-order valence-corrected chi connectivity index (χ3v) is 6.48. The van der Waals surface area contributed by atoms with Crippen LogP contribution in [0, 0.1) is 29.0 Å². The standard InChI is InChI=1S/C27H29FN4O/c1-3-18-4-6-20(7-5-18)25-17(2)12-24(33)27(31-16-19-10-11-30-15-19)32-26(25)21-8-9-22(14-29)23(28)13-21/h4-9,13,17,19,30H,3,10-12,15-16H2,1-2H3,(H,31,32). The summed E-state index contributed by atoms with van der Waals surface area (Å²) in [5, 5.41) is 15.8. The molecule has 2 aromatic rings. The zero-order chi connectivity index (χ0) is 23.4. The van der Waals surface area contributed by atoms with E-state index in [0.717, 1.165) is 37.1 Å². The van der Waals surface area contributed by atoms with E-state index in [0.29, 0.717) is 36.0 Å². The summed E-state index contributed by atoms with van der Waals surface area (Å²) in [4.78, 5) is 17.9. The first-order valence-electron chi connectivity index (χ1n) is 11.6. The lowest BCUT2D eigenvalue weighted by molar-refractivity contribution is -0.113. The number of hydrogen-bond acceptors (Lipinski definition) is 5. The molecule has 0 spiro atoms. The molecule has 1 saturated heterocycles. The molecule has 2 atom stereocenters. The smallest absolute Gasteiger partial charge is 0.198 e. The van der Waals surface area contributed by atoms with Gasteiger partial charge in [0.1, 0.15) is 11.9 Å². The van der Waals surface area contributed by atoms with Gasteiger partial charge in [0, 0.05) is 18.5 Å². The monoisotopic (exact) mass is 444 g/mol. The number of rotatable bonds is 5. The van der Waals surface area contributed by atoms with Crippen molar-refractivity contribution in [2.45, 2.75) is 33.1 Å². The number of aliphatic imine (C=N–C) groups is 1. The maximum absolute atomic E-state index is 14.6. The largest absolute Gasteiger partial charge is 0.367 e. The van der Waals surface area contributed by atoms with Crippen LogP contribution in [0.5, 0.6) is 0 Å². The van der Waals surface area contributed by atoms with Crippen molar-refractivity contribution in [1.29, 1.82) is 5.26 Å². The van der Waals surface area contributed by atoms with E-state index >= 15 is 0 Å². The highest BCUT2D eigenvalue weighted by molar-refractivity contribution is 6.40. The van der Waals surface area contributed by atoms with Crippen LogP contribution in [0.3, 0.4) is 0 Å². The molecule has 2 heterocycles. The Morgan fingerprint density at radius 3 is 2.61 bits per heavy atom. The second kappa shape index (κ2) is 10.1. The van der Waals surface area contributed by atoms with Gasteiger partial charge in [0.25, 0.3) is 0 Å². The van der Waals surface area contributed by atoms with Gasteiger partial charge < -0.3 is 10.6 Å². The third-order valence-electron chi connectivity index (χ3n) is 6.48. The molecule has 33 heavy (non-hydrogen) atoms. The fraction of sp³-hybridized carbons (Fsp3) is 0.370. The minimum Gasteiger partial charge on any atom is -0.367 e. The Morgan fingerprint density at radius 1 is 1.21 bits per heavy atom. The number of benzene rings is 2. The van der Waals surface area contributed by atoms with Crippen molar-refractivity contribution in [2.75, 3.05) is 19.6 Å². The molecule has 0 aromatic heterocycles. The highest BCUT2D eigenvalue weighted by atomic mass is 19.1. The number of aryl methyl sites for hydroxylation is 1. The molecular formula is C27H29FN4O. The van der Waals surface area contributed by atoms with Crippen LogP contribution in [0.15, 0.2) is 47.5 Å². The van der Waals surface area contributed by atoms with Gasteiger partial charge >= 0.3 is 0 Å². The van der Waals surface area contributed by atoms with Gasteiger partial charge in [-0.3, -0.25) is 4.79 Å². The van der Waals surface area contributed by atoms with E-state index in [2.05, 4.69) is 29.7 Å². The first-order chi connectivity index (χ1) is 16.0. The van der Waals surface area contributed by atoms with E-state index in [-0.39, 0.29) is 17.3 Å². The van der Waals surface area contributed by atoms with Crippen LogP contribution >= 0.6 is 0 Å². The minimum atomic E-state index is -0.590. The maximum Gasteiger partial charge on any atom is 0.198 e. The number of amidine groups is 1. The molecular weight excluding hydrogens is 415 g/mol. The number of carbonyl (C=O) groups is 1. The molecule has 0 amide bonds. The lowest BCUT2D eigenvalue weighted by atomic mass is 9.87. The summed E-state index contributed by atoms with van der Waals surface area (Å²) >= 11 is 0. The van der Waals surface area contributed by atoms with Crippen LogP contribution in [-0.2, 0) is 11.2 Å². The van der Waals surface area contributed by atoms with Crippen molar-refractivity contribution < 1.29 is 9.18 Å². The molecule has 2 aliphatic heterocycles. The summed E-state index contributed by atoms with van der Waals surface area (Å²) < 4.78 is 14.6. The molecule has 6 heteroatoms. The van der Waals surface area contributed by atoms with Crippen LogP contribution in [0.2, 0.25) is 0 Å². The Balaban J connectivity index is 1.83. The van der Waals surface area contributed by atoms with E-state index in [9.17, 15) is 9.18 Å². The third kappa shape index (κ3) is 5.04. The maximum atomic E-state index is 14.6. The Morgan fingerprint density at radius 2 is 1.97 bits per heavy atom. The Kier molecular flexibility index (Phi) is 7.00. The molecule has 4 rings (SSSR count). The van der Waals surface area contributed by atoms with Gasteiger partial charge in [0.05, 0.1) is 11.3 Å². The van der Waals surface area contributed by atoms with Crippen molar-refractivity contribution in [1.82, 2.24) is 10.6 Å². The van der Waals surface area contributed by atoms with Gasteiger partial charge in [-0.15, -0.1) is 0 Å². The molecule has 2 unspecified atom stereocenters. The van der Waals surface area contributed by atoms with E-state index in [1.807, 2.05) is 25.1 Å². The van der Waals surface area contributed by atoms with Crippen molar-refractivity contribution in [3.8, 4) is 6.07 Å². The van der Waals surface area contributed by atoms with Crippen molar-refractivity contribution in [3.05, 3.63) is 70.5 Å². The first-order valence-corrected chi connectivity index (χ1v) is 11.6. The highest BCUT2D eigenvalue weighted by Gasteiger charge is 2.28. The molecule has 2 aliphatic rings. The minimum absolute atomic E-state index is 0.0120. The Bertz CT molecular complexity index is 1140. The van der Waals surface area contributed by atoms with Gasteiger partial charge in [-0.25, -0.2) is 9.38 Å². The number of nitriles is 1. The van der Waals surface area contributed by atoms with Crippen LogP contribution in [0.4, 0.5) is 4.39 Å². The van der Waals surface area contributed by atoms with Gasteiger partial charge in [-0.05, 0) is 66.6 Å². The van der Waals surface area contributed by atoms with Crippen LogP contribution in [-0.4, -0.2) is 31.3 Å². The van der Waals surface area contributed by atoms with Crippen LogP contribution < -0.4 is 10.6 Å². The molecule has 0 radical (unpaired) electrons. The summed E-state index contributed by atoms with van der Waals surface area (Å²) in [6.07, 6.45) is 2.31. The van der Waals surface area contributed by atoms with E-state index in [1.54, 1.807) is 6.07 Å². The summed E-state index contributed by atoms with van der Waals surface area (Å²) in [7, 11) is 0. The average Bonchev–Trinajstić information content (AvgIpc) is 3.30. The fourth-order valence-electron chi connectivity index (χ4n) is 4.53. The zero-order valence-corrected chi connectivity index (χ0v) is 19.1. The highest BCUT2D eigenvalue weighted by Crippen LogP contribution is 2.37. The first kappa shape index (κ1) is 22.9. The second-order valence-corrected chi connectivity index (χ2v) is 8.85. The number of carbonyl (C=O) groups excluding carboxylic acids is 1. The SMILES string of the molecule is CCc1ccc(C2=C(c3ccc(C#N)c(F)c3)N=C(NCC3CCNC3)C(=O)CC2C)cc1. The zero-order valence-electron chi connectivity index (χ0n) is 19.1. The molecule has 5 nitrogen and oxygen atoms in total. The number of allylic oxidation sites excluding steroid dienone is 1. The molecule has 0 saturated carbocycles. The molecule has 1 fully saturated rings. The lowest BCUT2D eigenvalue weighted by Gasteiger charge is -2.17. The van der Waals surface area contributed by atoms with Gasteiger partial charge in [-0.2, -0.15) is 5.26 Å². The van der Waals surface area contributed by atoms with Gasteiger partial charge in [-0.1, -0.05) is 44.2 Å². The van der Waals surface area contributed by atoms with Crippen molar-refractivity contribution in [3.63, 3.8) is 0 Å². The predicted octanol–water partition coefficient (Wildman–Crippen LogP) is 4.33. The summed E-state index contributed by atoms with van der Waals surface area (Å²) in [5.74, 6) is 0.0407. The lowest BCUT2D eigenvalue weighted by Crippen LogP contribution is -2.35. The summed E-state index contributed by atoms with van der Waals surface area (Å²) in [6.45, 7) is 6.69. The number of ketones is 1. The molecule has 0 aliphatic carbocycles. The molecule has 2 aromatic carbocycles. The fourth-order valence-corrected chi connectivity index (χ4v) is 4.53. The van der Waals surface area contributed by atoms with Crippen molar-refractivity contribution in [2.24, 2.45) is 16.8 Å². The molecule has 170 valence electrons. The average molecular weight is 445 g/mol. The Labute approximate surface area is 194 Å². The van der Waals surface area contributed by atoms with Crippen LogP contribution in [0.1, 0.15) is 48.9 Å². The van der Waals surface area contributed by atoms with Crippen LogP contribution in [0.25, 0.3) is 11.3 Å². The van der Waals surface area contributed by atoms with E-state index in [1.165, 1.54) is 17.7 Å². The van der Waals surface area contributed by atoms with Gasteiger partial charge in [0.15, 0.2) is 11.6 Å². The number of Topliss-reactive ketones (excluding diaryl/α,β-unsaturated/α-hetero) is 1. The number of nitrogens with one attached hydrogen (secondary N) is 2. The second-order valence-electron chi connectivity index (χ2n) is 8.85. The predicted molar refractivity (Wildman–Crippen MR) is 129 cm³/mol. The Hall–Kier alpha value is -3.30. The van der Waals surface area contributed by atoms with E-state index in [4.69, 9.17) is 10.3 Å². The molecule has 0 bridgehead atoms. The quantitative estimate of drug-likeness (QED) is 0.720. The number of halogens is 1. The number of nitrogens with zero attached hydrogens (tertiary/aromatic N) is 2. The van der Waals surface area contributed by atoms with Crippen molar-refractivity contribution >= 4 is 22.9 Å². The normalized spacial score (nSPS) is 20.9. The topological polar surface area (TPSA) is 77.3 Å².